The third kappa shape index (κ3) is 4.30. The highest BCUT2D eigenvalue weighted by Crippen LogP contribution is 2.16. The summed E-state index contributed by atoms with van der Waals surface area (Å²) in [5.74, 6) is 0.850. The lowest BCUT2D eigenvalue weighted by Crippen LogP contribution is -2.37. The van der Waals surface area contributed by atoms with Crippen molar-refractivity contribution in [2.75, 3.05) is 43.7 Å². The normalized spacial score (nSPS) is 14.8. The Morgan fingerprint density at radius 2 is 1.96 bits per heavy atom. The van der Waals surface area contributed by atoms with Crippen molar-refractivity contribution in [3.05, 3.63) is 34.9 Å². The molecule has 1 aromatic carbocycles. The predicted molar refractivity (Wildman–Crippen MR) is 92.1 cm³/mol. The van der Waals surface area contributed by atoms with Crippen LogP contribution >= 0.6 is 11.6 Å². The lowest BCUT2D eigenvalue weighted by atomic mass is 10.2. The zero-order valence-electron chi connectivity index (χ0n) is 13.1. The summed E-state index contributed by atoms with van der Waals surface area (Å²) >= 11 is 5.85. The third-order valence-electron chi connectivity index (χ3n) is 3.33. The van der Waals surface area contributed by atoms with Gasteiger partial charge in [-0.25, -0.2) is 5.43 Å². The average molecular weight is 349 g/mol. The van der Waals surface area contributed by atoms with Gasteiger partial charge in [-0.15, -0.1) is 0 Å². The maximum atomic E-state index is 5.85. The molecule has 126 valence electrons. The molecule has 0 amide bonds. The van der Waals surface area contributed by atoms with Gasteiger partial charge in [0.15, 0.2) is 0 Å². The van der Waals surface area contributed by atoms with Crippen LogP contribution in [0.1, 0.15) is 5.56 Å². The van der Waals surface area contributed by atoms with Crippen LogP contribution in [-0.2, 0) is 4.74 Å². The Labute approximate surface area is 144 Å². The zero-order chi connectivity index (χ0) is 16.8. The Hall–Kier alpha value is -2.45. The first-order valence-corrected chi connectivity index (χ1v) is 7.80. The minimum atomic E-state index is 0.232. The number of nitrogens with zero attached hydrogens (tertiary/aromatic N) is 5. The van der Waals surface area contributed by atoms with E-state index in [2.05, 4.69) is 25.5 Å². The fraction of sp³-hybridized carbons (Fsp3) is 0.333. The molecule has 8 nitrogen and oxygen atoms in total. The number of nitrogens with one attached hydrogen (secondary N) is 1. The summed E-state index contributed by atoms with van der Waals surface area (Å²) in [6.45, 7) is 2.73. The van der Waals surface area contributed by atoms with E-state index >= 15 is 0 Å². The number of hydrogen-bond acceptors (Lipinski definition) is 8. The molecular formula is C15H17ClN6O2. The van der Waals surface area contributed by atoms with Crippen LogP contribution in [0.2, 0.25) is 5.02 Å². The number of hydrazone groups is 1. The fourth-order valence-corrected chi connectivity index (χ4v) is 2.23. The molecular weight excluding hydrogens is 332 g/mol. The first-order chi connectivity index (χ1) is 11.7. The van der Waals surface area contributed by atoms with Gasteiger partial charge in [-0.1, -0.05) is 23.7 Å². The molecule has 0 bridgehead atoms. The number of ether oxygens (including phenoxy) is 2. The number of anilines is 2. The minimum Gasteiger partial charge on any atom is -0.467 e. The van der Waals surface area contributed by atoms with Gasteiger partial charge in [0.2, 0.25) is 5.95 Å². The van der Waals surface area contributed by atoms with E-state index in [0.717, 1.165) is 18.7 Å². The Morgan fingerprint density at radius 1 is 1.21 bits per heavy atom. The molecule has 0 aliphatic carbocycles. The predicted octanol–water partition coefficient (Wildman–Crippen LogP) is 1.82. The summed E-state index contributed by atoms with van der Waals surface area (Å²) in [5, 5.41) is 4.81. The first-order valence-electron chi connectivity index (χ1n) is 7.42. The van der Waals surface area contributed by atoms with Crippen LogP contribution in [-0.4, -0.2) is 54.6 Å². The van der Waals surface area contributed by atoms with Crippen molar-refractivity contribution in [1.29, 1.82) is 0 Å². The van der Waals surface area contributed by atoms with E-state index in [1.807, 2.05) is 17.0 Å². The molecule has 1 aromatic heterocycles. The quantitative estimate of drug-likeness (QED) is 0.651. The van der Waals surface area contributed by atoms with Gasteiger partial charge in [-0.2, -0.15) is 20.1 Å². The molecule has 1 aliphatic rings. The summed E-state index contributed by atoms with van der Waals surface area (Å²) in [6, 6.07) is 7.55. The van der Waals surface area contributed by atoms with Crippen LogP contribution in [0.5, 0.6) is 6.01 Å². The standard InChI is InChI=1S/C15H17ClN6O2/c1-23-15-19-13(18-14(20-15)22-6-8-24-9-7-22)21-17-10-11-2-4-12(16)5-3-11/h2-5,10H,6-9H2,1H3,(H,18,19,20,21)/b17-10+. The van der Waals surface area contributed by atoms with Crippen LogP contribution in [0.3, 0.4) is 0 Å². The van der Waals surface area contributed by atoms with Gasteiger partial charge < -0.3 is 14.4 Å². The monoisotopic (exact) mass is 348 g/mol. The molecule has 0 atom stereocenters. The molecule has 0 spiro atoms. The molecule has 1 fully saturated rings. The number of rotatable bonds is 5. The Kier molecular flexibility index (Phi) is 5.39. The summed E-state index contributed by atoms with van der Waals surface area (Å²) < 4.78 is 10.5. The van der Waals surface area contributed by atoms with E-state index < -0.39 is 0 Å². The molecule has 0 saturated carbocycles. The molecule has 2 aromatic rings. The van der Waals surface area contributed by atoms with Crippen molar-refractivity contribution in [2.24, 2.45) is 5.10 Å². The largest absolute Gasteiger partial charge is 0.467 e. The van der Waals surface area contributed by atoms with Gasteiger partial charge in [-0.05, 0) is 17.7 Å². The molecule has 1 aliphatic heterocycles. The van der Waals surface area contributed by atoms with Crippen LogP contribution in [0.4, 0.5) is 11.9 Å². The lowest BCUT2D eigenvalue weighted by molar-refractivity contribution is 0.122. The highest BCUT2D eigenvalue weighted by molar-refractivity contribution is 6.30. The van der Waals surface area contributed by atoms with Gasteiger partial charge in [-0.3, -0.25) is 0 Å². The van der Waals surface area contributed by atoms with E-state index in [4.69, 9.17) is 21.1 Å². The highest BCUT2D eigenvalue weighted by atomic mass is 35.5. The average Bonchev–Trinajstić information content (AvgIpc) is 2.64. The Balaban J connectivity index is 1.73. The molecule has 2 heterocycles. The Morgan fingerprint density at radius 3 is 2.67 bits per heavy atom. The van der Waals surface area contributed by atoms with Gasteiger partial charge >= 0.3 is 6.01 Å². The molecule has 3 rings (SSSR count). The number of methoxy groups -OCH3 is 1. The molecule has 1 N–H and O–H groups in total. The van der Waals surface area contributed by atoms with E-state index in [-0.39, 0.29) is 6.01 Å². The smallest absolute Gasteiger partial charge is 0.322 e. The second kappa shape index (κ2) is 7.89. The van der Waals surface area contributed by atoms with Crippen LogP contribution in [0.25, 0.3) is 0 Å². The molecule has 0 unspecified atom stereocenters. The molecule has 9 heteroatoms. The van der Waals surface area contributed by atoms with Crippen molar-refractivity contribution in [2.45, 2.75) is 0 Å². The number of morpholine rings is 1. The fourth-order valence-electron chi connectivity index (χ4n) is 2.11. The number of aromatic nitrogens is 3. The van der Waals surface area contributed by atoms with Crippen LogP contribution in [0, 0.1) is 0 Å². The number of benzene rings is 1. The van der Waals surface area contributed by atoms with Crippen molar-refractivity contribution < 1.29 is 9.47 Å². The number of halogens is 1. The van der Waals surface area contributed by atoms with Crippen LogP contribution in [0.15, 0.2) is 29.4 Å². The summed E-state index contributed by atoms with van der Waals surface area (Å²) in [4.78, 5) is 14.8. The maximum absolute atomic E-state index is 5.85. The van der Waals surface area contributed by atoms with Gasteiger partial charge in [0, 0.05) is 18.1 Å². The van der Waals surface area contributed by atoms with Gasteiger partial charge in [0.05, 0.1) is 26.5 Å². The van der Waals surface area contributed by atoms with E-state index in [1.165, 1.54) is 7.11 Å². The van der Waals surface area contributed by atoms with Crippen LogP contribution < -0.4 is 15.1 Å². The highest BCUT2D eigenvalue weighted by Gasteiger charge is 2.16. The van der Waals surface area contributed by atoms with Crippen molar-refractivity contribution >= 4 is 29.7 Å². The molecule has 24 heavy (non-hydrogen) atoms. The second-order valence-corrected chi connectivity index (χ2v) is 5.40. The zero-order valence-corrected chi connectivity index (χ0v) is 13.9. The summed E-state index contributed by atoms with van der Waals surface area (Å²) in [5.41, 5.74) is 3.70. The van der Waals surface area contributed by atoms with E-state index in [1.54, 1.807) is 18.3 Å². The first kappa shape index (κ1) is 16.4. The maximum Gasteiger partial charge on any atom is 0.322 e. The van der Waals surface area contributed by atoms with Gasteiger partial charge in [0.25, 0.3) is 5.95 Å². The molecule has 0 radical (unpaired) electrons. The molecule has 1 saturated heterocycles. The minimum absolute atomic E-state index is 0.232. The Bertz CT molecular complexity index is 704. The second-order valence-electron chi connectivity index (χ2n) is 4.97. The van der Waals surface area contributed by atoms with E-state index in [0.29, 0.717) is 30.1 Å². The van der Waals surface area contributed by atoms with Gasteiger partial charge in [0.1, 0.15) is 0 Å². The van der Waals surface area contributed by atoms with Crippen molar-refractivity contribution in [3.63, 3.8) is 0 Å². The van der Waals surface area contributed by atoms with Crippen molar-refractivity contribution in [1.82, 2.24) is 15.0 Å². The third-order valence-corrected chi connectivity index (χ3v) is 3.58. The topological polar surface area (TPSA) is 84.8 Å². The van der Waals surface area contributed by atoms with E-state index in [9.17, 15) is 0 Å². The van der Waals surface area contributed by atoms with Crippen molar-refractivity contribution in [3.8, 4) is 6.01 Å². The number of hydrogen-bond donors (Lipinski definition) is 1. The SMILES string of the molecule is COc1nc(N/N=C/c2ccc(Cl)cc2)nc(N2CCOCC2)n1. The summed E-state index contributed by atoms with van der Waals surface area (Å²) in [6.07, 6.45) is 1.65. The lowest BCUT2D eigenvalue weighted by Gasteiger charge is -2.26. The summed E-state index contributed by atoms with van der Waals surface area (Å²) in [7, 11) is 1.51.